The van der Waals surface area contributed by atoms with E-state index >= 15 is 0 Å². The van der Waals surface area contributed by atoms with E-state index in [9.17, 15) is 21.6 Å². The van der Waals surface area contributed by atoms with E-state index in [1.165, 1.54) is 18.2 Å². The SMILES string of the molecule is O=S(=O)(Cc1cccc(I)c1)C(F)(F)F. The fourth-order valence-corrected chi connectivity index (χ4v) is 2.32. The third kappa shape index (κ3) is 3.33. The molecule has 0 aliphatic carbocycles. The van der Waals surface area contributed by atoms with E-state index in [1.54, 1.807) is 6.07 Å². The summed E-state index contributed by atoms with van der Waals surface area (Å²) in [6, 6.07) is 5.95. The van der Waals surface area contributed by atoms with Crippen LogP contribution in [0.1, 0.15) is 5.56 Å². The highest BCUT2D eigenvalue weighted by Gasteiger charge is 2.45. The summed E-state index contributed by atoms with van der Waals surface area (Å²) in [5, 5.41) is 0. The van der Waals surface area contributed by atoms with Gasteiger partial charge in [-0.2, -0.15) is 13.2 Å². The number of sulfone groups is 1. The third-order valence-electron chi connectivity index (χ3n) is 1.60. The number of hydrogen-bond acceptors (Lipinski definition) is 2. The first-order chi connectivity index (χ1) is 6.72. The highest BCUT2D eigenvalue weighted by Crippen LogP contribution is 2.26. The molecule has 0 aliphatic heterocycles. The van der Waals surface area contributed by atoms with Crippen LogP contribution in [0.25, 0.3) is 0 Å². The van der Waals surface area contributed by atoms with Gasteiger partial charge in [0.15, 0.2) is 0 Å². The summed E-state index contributed by atoms with van der Waals surface area (Å²) in [6.45, 7) is 0. The number of halogens is 4. The maximum Gasteiger partial charge on any atom is 0.497 e. The highest BCUT2D eigenvalue weighted by atomic mass is 127. The minimum Gasteiger partial charge on any atom is -0.219 e. The monoisotopic (exact) mass is 350 g/mol. The molecule has 0 bridgehead atoms. The molecule has 0 heterocycles. The van der Waals surface area contributed by atoms with Crippen molar-refractivity contribution in [2.24, 2.45) is 0 Å². The van der Waals surface area contributed by atoms with E-state index in [1.807, 2.05) is 22.6 Å². The largest absolute Gasteiger partial charge is 0.497 e. The number of rotatable bonds is 2. The van der Waals surface area contributed by atoms with Crippen LogP contribution in [0.15, 0.2) is 24.3 Å². The second-order valence-electron chi connectivity index (χ2n) is 2.83. The Morgan fingerprint density at radius 3 is 2.33 bits per heavy atom. The predicted molar refractivity (Wildman–Crippen MR) is 57.8 cm³/mol. The Hall–Kier alpha value is -0.310. The molecule has 7 heteroatoms. The van der Waals surface area contributed by atoms with Crippen molar-refractivity contribution in [3.63, 3.8) is 0 Å². The van der Waals surface area contributed by atoms with Gasteiger partial charge in [-0.3, -0.25) is 0 Å². The molecule has 0 saturated heterocycles. The molecule has 2 nitrogen and oxygen atoms in total. The van der Waals surface area contributed by atoms with Gasteiger partial charge in [0.05, 0.1) is 5.75 Å². The van der Waals surface area contributed by atoms with Crippen molar-refractivity contribution in [3.8, 4) is 0 Å². The van der Waals surface area contributed by atoms with Crippen LogP contribution in [-0.2, 0) is 15.6 Å². The normalized spacial score (nSPS) is 12.8. The third-order valence-corrected chi connectivity index (χ3v) is 3.69. The molecule has 0 spiro atoms. The fraction of sp³-hybridized carbons (Fsp3) is 0.250. The fourth-order valence-electron chi connectivity index (χ4n) is 0.928. The van der Waals surface area contributed by atoms with Gasteiger partial charge in [-0.25, -0.2) is 8.42 Å². The van der Waals surface area contributed by atoms with Crippen LogP contribution in [0, 0.1) is 3.57 Å². The van der Waals surface area contributed by atoms with Crippen LogP contribution in [0.4, 0.5) is 13.2 Å². The average Bonchev–Trinajstić information content (AvgIpc) is 2.00. The summed E-state index contributed by atoms with van der Waals surface area (Å²) >= 11 is 1.90. The lowest BCUT2D eigenvalue weighted by Gasteiger charge is -2.07. The first-order valence-corrected chi connectivity index (χ1v) is 6.49. The van der Waals surface area contributed by atoms with Crippen molar-refractivity contribution >= 4 is 32.4 Å². The van der Waals surface area contributed by atoms with Gasteiger partial charge in [0.25, 0.3) is 9.84 Å². The molecule has 0 atom stereocenters. The first-order valence-electron chi connectivity index (χ1n) is 3.76. The molecule has 1 aromatic carbocycles. The first kappa shape index (κ1) is 12.8. The Morgan fingerprint density at radius 1 is 1.27 bits per heavy atom. The van der Waals surface area contributed by atoms with Crippen molar-refractivity contribution in [2.45, 2.75) is 11.3 Å². The number of alkyl halides is 3. The molecular formula is C8H6F3IO2S. The molecule has 1 aromatic rings. The second-order valence-corrected chi connectivity index (χ2v) is 6.06. The summed E-state index contributed by atoms with van der Waals surface area (Å²) in [5.74, 6) is -1.01. The molecular weight excluding hydrogens is 344 g/mol. The van der Waals surface area contributed by atoms with Crippen molar-refractivity contribution in [1.82, 2.24) is 0 Å². The quantitative estimate of drug-likeness (QED) is 0.769. The maximum atomic E-state index is 12.0. The predicted octanol–water partition coefficient (Wildman–Crippen LogP) is 2.73. The van der Waals surface area contributed by atoms with E-state index in [0.29, 0.717) is 3.57 Å². The molecule has 0 N–H and O–H groups in total. The molecule has 0 unspecified atom stereocenters. The number of hydrogen-bond donors (Lipinski definition) is 0. The lowest BCUT2D eigenvalue weighted by atomic mass is 10.2. The Balaban J connectivity index is 2.98. The van der Waals surface area contributed by atoms with Crippen molar-refractivity contribution < 1.29 is 21.6 Å². The molecule has 0 aliphatic rings. The van der Waals surface area contributed by atoms with Crippen LogP contribution in [0.3, 0.4) is 0 Å². The van der Waals surface area contributed by atoms with Crippen LogP contribution in [0.2, 0.25) is 0 Å². The van der Waals surface area contributed by atoms with Gasteiger partial charge < -0.3 is 0 Å². The zero-order chi connectivity index (χ0) is 11.7. The van der Waals surface area contributed by atoms with Gasteiger partial charge in [-0.05, 0) is 40.3 Å². The van der Waals surface area contributed by atoms with E-state index in [2.05, 4.69) is 0 Å². The Morgan fingerprint density at radius 2 is 1.87 bits per heavy atom. The smallest absolute Gasteiger partial charge is 0.219 e. The highest BCUT2D eigenvalue weighted by molar-refractivity contribution is 14.1. The molecule has 15 heavy (non-hydrogen) atoms. The zero-order valence-electron chi connectivity index (χ0n) is 7.25. The molecule has 0 fully saturated rings. The minimum absolute atomic E-state index is 0.138. The standard InChI is InChI=1S/C8H6F3IO2S/c9-8(10,11)15(13,14)5-6-2-1-3-7(12)4-6/h1-4H,5H2. The van der Waals surface area contributed by atoms with E-state index < -0.39 is 21.1 Å². The van der Waals surface area contributed by atoms with Crippen LogP contribution in [-0.4, -0.2) is 13.9 Å². The molecule has 84 valence electrons. The summed E-state index contributed by atoms with van der Waals surface area (Å²) in [7, 11) is -5.07. The van der Waals surface area contributed by atoms with Crippen LogP contribution >= 0.6 is 22.6 Å². The van der Waals surface area contributed by atoms with E-state index in [-0.39, 0.29) is 5.56 Å². The topological polar surface area (TPSA) is 34.1 Å². The van der Waals surface area contributed by atoms with E-state index in [4.69, 9.17) is 0 Å². The second kappa shape index (κ2) is 4.28. The van der Waals surface area contributed by atoms with Gasteiger partial charge in [-0.15, -0.1) is 0 Å². The molecule has 1 rings (SSSR count). The summed E-state index contributed by atoms with van der Waals surface area (Å²) in [6.07, 6.45) is 0. The van der Waals surface area contributed by atoms with Crippen molar-refractivity contribution in [1.29, 1.82) is 0 Å². The molecule has 0 saturated carbocycles. The molecule has 0 amide bonds. The Labute approximate surface area is 98.5 Å². The lowest BCUT2D eigenvalue weighted by Crippen LogP contribution is -2.24. The Bertz CT molecular complexity index is 453. The van der Waals surface area contributed by atoms with Gasteiger partial charge >= 0.3 is 5.51 Å². The van der Waals surface area contributed by atoms with Gasteiger partial charge in [0.2, 0.25) is 0 Å². The van der Waals surface area contributed by atoms with Crippen molar-refractivity contribution in [3.05, 3.63) is 33.4 Å². The summed E-state index contributed by atoms with van der Waals surface area (Å²) in [4.78, 5) is 0. The number of benzene rings is 1. The van der Waals surface area contributed by atoms with Gasteiger partial charge in [-0.1, -0.05) is 12.1 Å². The van der Waals surface area contributed by atoms with E-state index in [0.717, 1.165) is 0 Å². The van der Waals surface area contributed by atoms with Gasteiger partial charge in [0, 0.05) is 3.57 Å². The maximum absolute atomic E-state index is 12.0. The Kier molecular flexibility index (Phi) is 3.64. The van der Waals surface area contributed by atoms with Crippen molar-refractivity contribution in [2.75, 3.05) is 0 Å². The lowest BCUT2D eigenvalue weighted by molar-refractivity contribution is -0.0437. The van der Waals surface area contributed by atoms with Gasteiger partial charge in [0.1, 0.15) is 0 Å². The molecule has 0 radical (unpaired) electrons. The van der Waals surface area contributed by atoms with Crippen LogP contribution < -0.4 is 0 Å². The summed E-state index contributed by atoms with van der Waals surface area (Å²) < 4.78 is 58.4. The summed E-state index contributed by atoms with van der Waals surface area (Å²) in [5.41, 5.74) is -5.05. The van der Waals surface area contributed by atoms with Crippen LogP contribution in [0.5, 0.6) is 0 Å². The zero-order valence-corrected chi connectivity index (χ0v) is 10.2. The average molecular weight is 350 g/mol. The minimum atomic E-state index is -5.19. The molecule has 0 aromatic heterocycles.